The van der Waals surface area contributed by atoms with Gasteiger partial charge in [0.25, 0.3) is 0 Å². The van der Waals surface area contributed by atoms with Crippen LogP contribution in [0, 0.1) is 0 Å². The van der Waals surface area contributed by atoms with E-state index in [0.717, 1.165) is 16.9 Å². The average molecular weight is 211 g/mol. The van der Waals surface area contributed by atoms with Crippen LogP contribution in [-0.4, -0.2) is 21.0 Å². The van der Waals surface area contributed by atoms with E-state index in [1.165, 1.54) is 0 Å². The fraction of sp³-hybridized carbons (Fsp3) is 0.333. The number of nitrogens with zero attached hydrogens (tertiary/aromatic N) is 2. The van der Waals surface area contributed by atoms with E-state index in [4.69, 9.17) is 11.6 Å². The lowest BCUT2D eigenvalue weighted by Gasteiger charge is -2.09. The Kier molecular flexibility index (Phi) is 2.29. The van der Waals surface area contributed by atoms with Gasteiger partial charge in [-0.05, 0) is 31.5 Å². The van der Waals surface area contributed by atoms with Crippen LogP contribution in [0.25, 0.3) is 11.0 Å². The Labute approximate surface area is 86.7 Å². The molecular weight excluding hydrogens is 200 g/mol. The molecule has 0 radical (unpaired) electrons. The molecule has 0 spiro atoms. The number of anilines is 1. The molecule has 0 unspecified atom stereocenters. The summed E-state index contributed by atoms with van der Waals surface area (Å²) in [7, 11) is 0. The molecule has 74 valence electrons. The molecule has 2 N–H and O–H groups in total. The molecule has 0 aliphatic heterocycles. The fourth-order valence-corrected chi connectivity index (χ4v) is 1.47. The lowest BCUT2D eigenvalue weighted by molar-refractivity contribution is 0.889. The van der Waals surface area contributed by atoms with Crippen molar-refractivity contribution in [3.05, 3.63) is 17.5 Å². The first-order valence-electron chi connectivity index (χ1n) is 4.44. The third kappa shape index (κ3) is 1.65. The van der Waals surface area contributed by atoms with Gasteiger partial charge >= 0.3 is 0 Å². The van der Waals surface area contributed by atoms with Crippen molar-refractivity contribution in [1.82, 2.24) is 15.0 Å². The normalized spacial score (nSPS) is 11.1. The summed E-state index contributed by atoms with van der Waals surface area (Å²) in [6.45, 7) is 4.09. The number of rotatable bonds is 2. The second-order valence-corrected chi connectivity index (χ2v) is 3.72. The zero-order chi connectivity index (χ0) is 10.1. The topological polar surface area (TPSA) is 53.6 Å². The van der Waals surface area contributed by atoms with Crippen molar-refractivity contribution in [3.8, 4) is 0 Å². The Balaban J connectivity index is 2.55. The summed E-state index contributed by atoms with van der Waals surface area (Å²) in [6, 6.07) is 2.18. The monoisotopic (exact) mass is 210 g/mol. The van der Waals surface area contributed by atoms with Crippen molar-refractivity contribution in [3.63, 3.8) is 0 Å². The van der Waals surface area contributed by atoms with Crippen molar-refractivity contribution in [2.24, 2.45) is 0 Å². The minimum absolute atomic E-state index is 0.264. The second-order valence-electron chi connectivity index (χ2n) is 3.38. The number of aromatic nitrogens is 3. The van der Waals surface area contributed by atoms with Crippen molar-refractivity contribution in [1.29, 1.82) is 0 Å². The lowest BCUT2D eigenvalue weighted by atomic mass is 10.3. The molecule has 2 aromatic heterocycles. The third-order valence-electron chi connectivity index (χ3n) is 1.80. The summed E-state index contributed by atoms with van der Waals surface area (Å²) >= 11 is 5.79. The van der Waals surface area contributed by atoms with Gasteiger partial charge in [-0.3, -0.25) is 0 Å². The summed E-state index contributed by atoms with van der Waals surface area (Å²) in [4.78, 5) is 11.3. The minimum atomic E-state index is 0.264. The van der Waals surface area contributed by atoms with E-state index >= 15 is 0 Å². The molecule has 0 atom stereocenters. The van der Waals surface area contributed by atoms with Crippen molar-refractivity contribution in [2.75, 3.05) is 5.32 Å². The first-order chi connectivity index (χ1) is 6.66. The number of aromatic amines is 1. The zero-order valence-corrected chi connectivity index (χ0v) is 8.76. The standard InChI is InChI=1S/C9H11ClN4/c1-5(2)12-8-7-6(3-4-11-7)13-9(10)14-8/h3-5,11H,1-2H3,(H,12,13,14). The smallest absolute Gasteiger partial charge is 0.225 e. The highest BCUT2D eigenvalue weighted by Crippen LogP contribution is 2.20. The molecule has 0 amide bonds. The van der Waals surface area contributed by atoms with Crippen molar-refractivity contribution >= 4 is 28.5 Å². The number of hydrogen-bond acceptors (Lipinski definition) is 3. The van der Waals surface area contributed by atoms with Gasteiger partial charge in [0.15, 0.2) is 5.82 Å². The molecule has 0 saturated carbocycles. The van der Waals surface area contributed by atoms with Crippen LogP contribution in [0.5, 0.6) is 0 Å². The summed E-state index contributed by atoms with van der Waals surface area (Å²) in [5.74, 6) is 0.750. The van der Waals surface area contributed by atoms with Gasteiger partial charge in [-0.2, -0.15) is 4.98 Å². The second kappa shape index (κ2) is 3.46. The Bertz CT molecular complexity index is 449. The predicted octanol–water partition coefficient (Wildman–Crippen LogP) is 2.43. The fourth-order valence-electron chi connectivity index (χ4n) is 1.29. The molecule has 2 rings (SSSR count). The highest BCUT2D eigenvalue weighted by molar-refractivity contribution is 6.28. The molecule has 2 aromatic rings. The molecule has 14 heavy (non-hydrogen) atoms. The van der Waals surface area contributed by atoms with E-state index in [-0.39, 0.29) is 5.28 Å². The van der Waals surface area contributed by atoms with Gasteiger partial charge in [-0.25, -0.2) is 4.98 Å². The van der Waals surface area contributed by atoms with Gasteiger partial charge < -0.3 is 10.3 Å². The molecular formula is C9H11ClN4. The Morgan fingerprint density at radius 2 is 2.21 bits per heavy atom. The summed E-state index contributed by atoms with van der Waals surface area (Å²) in [5.41, 5.74) is 1.72. The largest absolute Gasteiger partial charge is 0.366 e. The van der Waals surface area contributed by atoms with Crippen LogP contribution in [0.15, 0.2) is 12.3 Å². The molecule has 4 nitrogen and oxygen atoms in total. The van der Waals surface area contributed by atoms with Crippen LogP contribution in [0.2, 0.25) is 5.28 Å². The Hall–Kier alpha value is -1.29. The summed E-state index contributed by atoms with van der Waals surface area (Å²) < 4.78 is 0. The SMILES string of the molecule is CC(C)Nc1nc(Cl)nc2cc[nH]c12. The quantitative estimate of drug-likeness (QED) is 0.749. The summed E-state index contributed by atoms with van der Waals surface area (Å²) in [5, 5.41) is 3.47. The van der Waals surface area contributed by atoms with Gasteiger partial charge in [0, 0.05) is 12.2 Å². The molecule has 0 aromatic carbocycles. The average Bonchev–Trinajstić information content (AvgIpc) is 2.50. The summed E-state index contributed by atoms with van der Waals surface area (Å²) in [6.07, 6.45) is 1.82. The van der Waals surface area contributed by atoms with Crippen LogP contribution in [-0.2, 0) is 0 Å². The van der Waals surface area contributed by atoms with E-state index in [2.05, 4.69) is 20.3 Å². The third-order valence-corrected chi connectivity index (χ3v) is 1.97. The van der Waals surface area contributed by atoms with Crippen molar-refractivity contribution in [2.45, 2.75) is 19.9 Å². The number of H-pyrrole nitrogens is 1. The minimum Gasteiger partial charge on any atom is -0.366 e. The molecule has 0 aliphatic carbocycles. The van der Waals surface area contributed by atoms with Crippen LogP contribution < -0.4 is 5.32 Å². The van der Waals surface area contributed by atoms with Crippen molar-refractivity contribution < 1.29 is 0 Å². The number of hydrogen-bond donors (Lipinski definition) is 2. The van der Waals surface area contributed by atoms with Gasteiger partial charge in [-0.15, -0.1) is 0 Å². The molecule has 5 heteroatoms. The molecule has 0 saturated heterocycles. The molecule has 2 heterocycles. The zero-order valence-electron chi connectivity index (χ0n) is 8.00. The highest BCUT2D eigenvalue weighted by atomic mass is 35.5. The van der Waals surface area contributed by atoms with E-state index in [0.29, 0.717) is 6.04 Å². The lowest BCUT2D eigenvalue weighted by Crippen LogP contribution is -2.11. The van der Waals surface area contributed by atoms with Crippen LogP contribution in [0.3, 0.4) is 0 Å². The van der Waals surface area contributed by atoms with Gasteiger partial charge in [0.1, 0.15) is 5.52 Å². The maximum absolute atomic E-state index is 5.79. The first-order valence-corrected chi connectivity index (χ1v) is 4.82. The number of nitrogens with one attached hydrogen (secondary N) is 2. The molecule has 0 bridgehead atoms. The predicted molar refractivity (Wildman–Crippen MR) is 57.7 cm³/mol. The van der Waals surface area contributed by atoms with E-state index in [9.17, 15) is 0 Å². The first kappa shape index (κ1) is 9.27. The number of fused-ring (bicyclic) bond motifs is 1. The highest BCUT2D eigenvalue weighted by Gasteiger charge is 2.07. The molecule has 0 aliphatic rings. The van der Waals surface area contributed by atoms with Crippen LogP contribution >= 0.6 is 11.6 Å². The Morgan fingerprint density at radius 3 is 2.93 bits per heavy atom. The van der Waals surface area contributed by atoms with Gasteiger partial charge in [-0.1, -0.05) is 0 Å². The number of halogens is 1. The van der Waals surface area contributed by atoms with Crippen LogP contribution in [0.4, 0.5) is 5.82 Å². The van der Waals surface area contributed by atoms with E-state index < -0.39 is 0 Å². The van der Waals surface area contributed by atoms with Gasteiger partial charge in [0.05, 0.1) is 5.52 Å². The molecule has 0 fully saturated rings. The maximum Gasteiger partial charge on any atom is 0.225 e. The van der Waals surface area contributed by atoms with E-state index in [1.54, 1.807) is 0 Å². The Morgan fingerprint density at radius 1 is 1.43 bits per heavy atom. The van der Waals surface area contributed by atoms with Gasteiger partial charge in [0.2, 0.25) is 5.28 Å². The van der Waals surface area contributed by atoms with Crippen LogP contribution in [0.1, 0.15) is 13.8 Å². The maximum atomic E-state index is 5.79. The van der Waals surface area contributed by atoms with E-state index in [1.807, 2.05) is 26.1 Å².